The minimum absolute atomic E-state index is 0.0433. The van der Waals surface area contributed by atoms with Crippen molar-refractivity contribution >= 4 is 32.6 Å². The molecule has 0 spiro atoms. The molecule has 0 saturated carbocycles. The Bertz CT molecular complexity index is 713. The number of sulfonamides is 1. The van der Waals surface area contributed by atoms with Crippen LogP contribution in [0.3, 0.4) is 0 Å². The minimum Gasteiger partial charge on any atom is -0.412 e. The first-order chi connectivity index (χ1) is 9.74. The maximum Gasteiger partial charge on any atom is 0.414 e. The summed E-state index contributed by atoms with van der Waals surface area (Å²) >= 11 is 6.07. The van der Waals surface area contributed by atoms with Crippen molar-refractivity contribution in [2.75, 3.05) is 14.1 Å². The molecule has 0 bridgehead atoms. The highest BCUT2D eigenvalue weighted by Gasteiger charge is 2.39. The van der Waals surface area contributed by atoms with Crippen LogP contribution in [0.5, 0.6) is 0 Å². The number of carbonyl (C=O) groups excluding carboxylic acids is 1. The second kappa shape index (κ2) is 5.67. The van der Waals surface area contributed by atoms with E-state index >= 15 is 0 Å². The van der Waals surface area contributed by atoms with E-state index in [1.165, 1.54) is 19.0 Å². The Kier molecular flexibility index (Phi) is 4.27. The summed E-state index contributed by atoms with van der Waals surface area (Å²) in [5, 5.41) is 0.269. The quantitative estimate of drug-likeness (QED) is 0.900. The van der Waals surface area contributed by atoms with Gasteiger partial charge in [0.1, 0.15) is 10.7 Å². The van der Waals surface area contributed by atoms with Crippen LogP contribution in [-0.4, -0.2) is 39.5 Å². The van der Waals surface area contributed by atoms with Gasteiger partial charge in [0.25, 0.3) is 0 Å². The van der Waals surface area contributed by atoms with E-state index in [9.17, 15) is 13.2 Å². The van der Waals surface area contributed by atoms with Gasteiger partial charge in [-0.15, -0.1) is 0 Å². The molecule has 1 aromatic rings. The highest BCUT2D eigenvalue weighted by Crippen LogP contribution is 2.36. The van der Waals surface area contributed by atoms with Crippen molar-refractivity contribution in [3.8, 4) is 0 Å². The van der Waals surface area contributed by atoms with Gasteiger partial charge >= 0.3 is 6.09 Å². The van der Waals surface area contributed by atoms with Crippen LogP contribution in [-0.2, 0) is 14.8 Å². The molecular formula is C13H15ClN2O4S. The zero-order valence-corrected chi connectivity index (χ0v) is 13.3. The highest BCUT2D eigenvalue weighted by molar-refractivity contribution is 7.99. The molecule has 1 N–H and O–H groups in total. The molecule has 6 nitrogen and oxygen atoms in total. The standard InChI is InChI=1S/C13H15ClN2O4S/c1-8-11(20-13(17)16(2)3)12(21(18,19)15-8)9-6-4-5-7-10(9)14/h4-8,15H,1-3H3. The van der Waals surface area contributed by atoms with Crippen LogP contribution in [0.1, 0.15) is 12.5 Å². The molecule has 0 saturated heterocycles. The summed E-state index contributed by atoms with van der Waals surface area (Å²) < 4.78 is 32.1. The monoisotopic (exact) mass is 330 g/mol. The van der Waals surface area contributed by atoms with Gasteiger partial charge in [-0.1, -0.05) is 29.8 Å². The zero-order chi connectivity index (χ0) is 15.8. The van der Waals surface area contributed by atoms with Gasteiger partial charge in [0.15, 0.2) is 0 Å². The van der Waals surface area contributed by atoms with Crippen molar-refractivity contribution < 1.29 is 17.9 Å². The Hall–Kier alpha value is -1.57. The molecule has 1 heterocycles. The largest absolute Gasteiger partial charge is 0.414 e. The van der Waals surface area contributed by atoms with Crippen molar-refractivity contribution in [3.05, 3.63) is 40.6 Å². The van der Waals surface area contributed by atoms with E-state index < -0.39 is 22.2 Å². The summed E-state index contributed by atoms with van der Waals surface area (Å²) in [5.41, 5.74) is 0.303. The lowest BCUT2D eigenvalue weighted by molar-refractivity contribution is 0.142. The number of nitrogens with one attached hydrogen (secondary N) is 1. The molecular weight excluding hydrogens is 316 g/mol. The van der Waals surface area contributed by atoms with Crippen LogP contribution in [0.15, 0.2) is 30.0 Å². The fourth-order valence-corrected chi connectivity index (χ4v) is 3.84. The number of ether oxygens (including phenoxy) is 1. The third-order valence-corrected chi connectivity index (χ3v) is 4.85. The molecule has 1 aliphatic rings. The molecule has 114 valence electrons. The van der Waals surface area contributed by atoms with Crippen LogP contribution in [0.2, 0.25) is 5.02 Å². The molecule has 2 rings (SSSR count). The number of rotatable bonds is 2. The molecule has 21 heavy (non-hydrogen) atoms. The Morgan fingerprint density at radius 3 is 2.52 bits per heavy atom. The normalized spacial score (nSPS) is 20.5. The molecule has 0 aliphatic carbocycles. The van der Waals surface area contributed by atoms with Crippen molar-refractivity contribution in [2.24, 2.45) is 0 Å². The van der Waals surface area contributed by atoms with E-state index in [4.69, 9.17) is 16.3 Å². The van der Waals surface area contributed by atoms with Gasteiger partial charge in [-0.2, -0.15) is 0 Å². The predicted octanol–water partition coefficient (Wildman–Crippen LogP) is 2.03. The van der Waals surface area contributed by atoms with Crippen LogP contribution < -0.4 is 4.72 Å². The Morgan fingerprint density at radius 1 is 1.33 bits per heavy atom. The van der Waals surface area contributed by atoms with Crippen LogP contribution in [0.4, 0.5) is 4.79 Å². The first kappa shape index (κ1) is 15.8. The van der Waals surface area contributed by atoms with Crippen molar-refractivity contribution in [3.63, 3.8) is 0 Å². The predicted molar refractivity (Wildman–Crippen MR) is 80.1 cm³/mol. The average molecular weight is 331 g/mol. The SMILES string of the molecule is CC1NS(=O)(=O)C(c2ccccc2Cl)=C1OC(=O)N(C)C. The third kappa shape index (κ3) is 3.04. The van der Waals surface area contributed by atoms with Crippen molar-refractivity contribution in [1.29, 1.82) is 0 Å². The van der Waals surface area contributed by atoms with Crippen LogP contribution in [0.25, 0.3) is 4.91 Å². The number of carbonyl (C=O) groups is 1. The van der Waals surface area contributed by atoms with Gasteiger partial charge in [-0.05, 0) is 13.0 Å². The lowest BCUT2D eigenvalue weighted by Gasteiger charge is -2.14. The fourth-order valence-electron chi connectivity index (χ4n) is 1.92. The third-order valence-electron chi connectivity index (χ3n) is 2.90. The second-order valence-electron chi connectivity index (χ2n) is 4.78. The molecule has 8 heteroatoms. The van der Waals surface area contributed by atoms with Gasteiger partial charge in [0.05, 0.1) is 6.04 Å². The smallest absolute Gasteiger partial charge is 0.412 e. The summed E-state index contributed by atoms with van der Waals surface area (Å²) in [5.74, 6) is 0.0433. The first-order valence-electron chi connectivity index (χ1n) is 6.14. The van der Waals surface area contributed by atoms with Gasteiger partial charge in [-0.3, -0.25) is 0 Å². The molecule has 0 radical (unpaired) electrons. The molecule has 0 aromatic heterocycles. The van der Waals surface area contributed by atoms with E-state index in [-0.39, 0.29) is 15.7 Å². The lowest BCUT2D eigenvalue weighted by atomic mass is 10.1. The summed E-state index contributed by atoms with van der Waals surface area (Å²) in [6.45, 7) is 1.60. The van der Waals surface area contributed by atoms with Crippen molar-refractivity contribution in [1.82, 2.24) is 9.62 Å². The van der Waals surface area contributed by atoms with Gasteiger partial charge in [0.2, 0.25) is 10.0 Å². The number of amides is 1. The van der Waals surface area contributed by atoms with E-state index in [2.05, 4.69) is 4.72 Å². The maximum absolute atomic E-state index is 12.3. The number of hydrogen-bond acceptors (Lipinski definition) is 4. The molecule has 1 aromatic carbocycles. The Balaban J connectivity index is 2.60. The number of benzene rings is 1. The Labute approximate surface area is 128 Å². The summed E-state index contributed by atoms with van der Waals surface area (Å²) in [7, 11) is -0.756. The van der Waals surface area contributed by atoms with Gasteiger partial charge in [-0.25, -0.2) is 17.9 Å². The number of halogens is 1. The minimum atomic E-state index is -3.78. The van der Waals surface area contributed by atoms with Crippen LogP contribution in [0, 0.1) is 0 Å². The van der Waals surface area contributed by atoms with E-state index in [1.54, 1.807) is 31.2 Å². The topological polar surface area (TPSA) is 75.7 Å². The molecule has 1 amide bonds. The number of hydrogen-bond donors (Lipinski definition) is 1. The molecule has 1 unspecified atom stereocenters. The molecule has 0 fully saturated rings. The maximum atomic E-state index is 12.3. The first-order valence-corrected chi connectivity index (χ1v) is 8.00. The fraction of sp³-hybridized carbons (Fsp3) is 0.308. The summed E-state index contributed by atoms with van der Waals surface area (Å²) in [6.07, 6.45) is -0.652. The highest BCUT2D eigenvalue weighted by atomic mass is 35.5. The molecule has 1 aliphatic heterocycles. The Morgan fingerprint density at radius 2 is 1.95 bits per heavy atom. The molecule has 1 atom stereocenters. The summed E-state index contributed by atoms with van der Waals surface area (Å²) in [6, 6.07) is 5.85. The van der Waals surface area contributed by atoms with Crippen molar-refractivity contribution in [2.45, 2.75) is 13.0 Å². The number of nitrogens with zero attached hydrogens (tertiary/aromatic N) is 1. The summed E-state index contributed by atoms with van der Waals surface area (Å²) in [4.78, 5) is 12.8. The zero-order valence-electron chi connectivity index (χ0n) is 11.8. The average Bonchev–Trinajstić information content (AvgIpc) is 2.60. The second-order valence-corrected chi connectivity index (χ2v) is 6.84. The van der Waals surface area contributed by atoms with Crippen LogP contribution >= 0.6 is 11.6 Å². The van der Waals surface area contributed by atoms with E-state index in [0.717, 1.165) is 0 Å². The lowest BCUT2D eigenvalue weighted by Crippen LogP contribution is -2.29. The van der Waals surface area contributed by atoms with Gasteiger partial charge < -0.3 is 9.64 Å². The van der Waals surface area contributed by atoms with Gasteiger partial charge in [0, 0.05) is 24.7 Å². The van der Waals surface area contributed by atoms with E-state index in [0.29, 0.717) is 5.56 Å². The van der Waals surface area contributed by atoms with E-state index in [1.807, 2.05) is 0 Å².